The highest BCUT2D eigenvalue weighted by atomic mass is 16.5. The van der Waals surface area contributed by atoms with Gasteiger partial charge < -0.3 is 15.8 Å². The molecule has 3 N–H and O–H groups in total. The molecule has 2 saturated carbocycles. The van der Waals surface area contributed by atoms with Gasteiger partial charge in [-0.2, -0.15) is 0 Å². The second-order valence-corrected chi connectivity index (χ2v) is 6.71. The maximum absolute atomic E-state index is 12.5. The normalized spacial score (nSPS) is 37.5. The Balaban J connectivity index is 1.93. The molecule has 0 bridgehead atoms. The fourth-order valence-electron chi connectivity index (χ4n) is 3.47. The minimum Gasteiger partial charge on any atom is -0.376 e. The van der Waals surface area contributed by atoms with Crippen molar-refractivity contribution >= 4 is 5.91 Å². The molecule has 2 aliphatic rings. The van der Waals surface area contributed by atoms with Gasteiger partial charge in [0.1, 0.15) is 0 Å². The monoisotopic (exact) mass is 268 g/mol. The van der Waals surface area contributed by atoms with E-state index in [-0.39, 0.29) is 35.4 Å². The number of hydrogen-bond donors (Lipinski definition) is 2. The van der Waals surface area contributed by atoms with E-state index in [2.05, 4.69) is 19.2 Å². The van der Waals surface area contributed by atoms with Gasteiger partial charge in [-0.1, -0.05) is 26.7 Å². The molecule has 0 aromatic carbocycles. The molecule has 1 amide bonds. The number of carbonyl (C=O) groups excluding carboxylic acids is 1. The predicted octanol–water partition coefficient (Wildman–Crippen LogP) is 1.82. The maximum atomic E-state index is 12.5. The van der Waals surface area contributed by atoms with Crippen LogP contribution in [0.1, 0.15) is 52.9 Å². The highest BCUT2D eigenvalue weighted by Gasteiger charge is 2.43. The summed E-state index contributed by atoms with van der Waals surface area (Å²) in [4.78, 5) is 12.5. The molecule has 2 aliphatic carbocycles. The van der Waals surface area contributed by atoms with Crippen molar-refractivity contribution in [2.75, 3.05) is 6.61 Å². The molecule has 0 aromatic rings. The van der Waals surface area contributed by atoms with E-state index < -0.39 is 0 Å². The van der Waals surface area contributed by atoms with Gasteiger partial charge in [0, 0.05) is 18.6 Å². The molecule has 4 atom stereocenters. The molecule has 2 fully saturated rings. The topological polar surface area (TPSA) is 64.3 Å². The highest BCUT2D eigenvalue weighted by molar-refractivity contribution is 5.80. The lowest BCUT2D eigenvalue weighted by molar-refractivity contribution is -0.134. The molecule has 0 radical (unpaired) electrons. The summed E-state index contributed by atoms with van der Waals surface area (Å²) in [5.74, 6) is 0.297. The third-order valence-electron chi connectivity index (χ3n) is 4.88. The summed E-state index contributed by atoms with van der Waals surface area (Å²) in [5, 5.41) is 3.14. The third kappa shape index (κ3) is 3.11. The summed E-state index contributed by atoms with van der Waals surface area (Å²) in [5.41, 5.74) is 6.10. The number of nitrogens with one attached hydrogen (secondary N) is 1. The SMILES string of the molecule is CCOC1CC(N)C1NC(=O)C1CCCCC1(C)C. The lowest BCUT2D eigenvalue weighted by Gasteiger charge is -2.45. The van der Waals surface area contributed by atoms with Crippen LogP contribution in [0.15, 0.2) is 0 Å². The van der Waals surface area contributed by atoms with Gasteiger partial charge in [0.05, 0.1) is 12.1 Å². The first-order valence-corrected chi connectivity index (χ1v) is 7.63. The largest absolute Gasteiger partial charge is 0.376 e. The van der Waals surface area contributed by atoms with E-state index in [0.717, 1.165) is 25.7 Å². The number of hydrogen-bond acceptors (Lipinski definition) is 3. The second-order valence-electron chi connectivity index (χ2n) is 6.71. The van der Waals surface area contributed by atoms with Crippen LogP contribution in [0.2, 0.25) is 0 Å². The first kappa shape index (κ1) is 14.8. The summed E-state index contributed by atoms with van der Waals surface area (Å²) in [6.45, 7) is 7.07. The molecule has 19 heavy (non-hydrogen) atoms. The van der Waals surface area contributed by atoms with Crippen molar-refractivity contribution in [3.63, 3.8) is 0 Å². The van der Waals surface area contributed by atoms with E-state index in [1.807, 2.05) is 6.92 Å². The zero-order chi connectivity index (χ0) is 14.0. The van der Waals surface area contributed by atoms with Gasteiger partial charge >= 0.3 is 0 Å². The Morgan fingerprint density at radius 3 is 2.74 bits per heavy atom. The van der Waals surface area contributed by atoms with Gasteiger partial charge in [-0.3, -0.25) is 4.79 Å². The lowest BCUT2D eigenvalue weighted by atomic mass is 9.68. The quantitative estimate of drug-likeness (QED) is 0.817. The standard InChI is InChI=1S/C15H28N2O2/c1-4-19-12-9-11(16)13(12)17-14(18)10-7-5-6-8-15(10,2)3/h10-13H,4-9,16H2,1-3H3,(H,17,18). The Morgan fingerprint density at radius 2 is 2.16 bits per heavy atom. The molecule has 0 heterocycles. The Morgan fingerprint density at radius 1 is 1.42 bits per heavy atom. The van der Waals surface area contributed by atoms with Crippen molar-refractivity contribution in [1.82, 2.24) is 5.32 Å². The molecule has 110 valence electrons. The Bertz CT molecular complexity index is 328. The molecule has 4 heteroatoms. The minimum absolute atomic E-state index is 0.00479. The average molecular weight is 268 g/mol. The summed E-state index contributed by atoms with van der Waals surface area (Å²) < 4.78 is 5.61. The van der Waals surface area contributed by atoms with Crippen molar-refractivity contribution in [2.45, 2.75) is 71.1 Å². The van der Waals surface area contributed by atoms with Gasteiger partial charge in [0.25, 0.3) is 0 Å². The van der Waals surface area contributed by atoms with Crippen LogP contribution in [0.4, 0.5) is 0 Å². The van der Waals surface area contributed by atoms with Crippen LogP contribution in [-0.2, 0) is 9.53 Å². The molecule has 0 aliphatic heterocycles. The molecule has 0 spiro atoms. The van der Waals surface area contributed by atoms with E-state index in [0.29, 0.717) is 6.61 Å². The molecular weight excluding hydrogens is 240 g/mol. The Labute approximate surface area is 116 Å². The number of rotatable bonds is 4. The zero-order valence-corrected chi connectivity index (χ0v) is 12.4. The van der Waals surface area contributed by atoms with E-state index in [1.54, 1.807) is 0 Å². The van der Waals surface area contributed by atoms with Crippen LogP contribution in [0, 0.1) is 11.3 Å². The molecule has 4 unspecified atom stereocenters. The summed E-state index contributed by atoms with van der Waals surface area (Å²) in [6.07, 6.45) is 5.49. The van der Waals surface area contributed by atoms with E-state index in [4.69, 9.17) is 10.5 Å². The summed E-state index contributed by atoms with van der Waals surface area (Å²) in [7, 11) is 0. The number of nitrogens with two attached hydrogens (primary N) is 1. The van der Waals surface area contributed by atoms with Crippen LogP contribution in [-0.4, -0.2) is 30.7 Å². The minimum atomic E-state index is 0.00479. The van der Waals surface area contributed by atoms with Gasteiger partial charge in [-0.15, -0.1) is 0 Å². The highest BCUT2D eigenvalue weighted by Crippen LogP contribution is 2.40. The zero-order valence-electron chi connectivity index (χ0n) is 12.4. The second kappa shape index (κ2) is 5.80. The first-order chi connectivity index (χ1) is 8.95. The molecule has 0 saturated heterocycles. The first-order valence-electron chi connectivity index (χ1n) is 7.63. The number of amides is 1. The molecule has 4 nitrogen and oxygen atoms in total. The maximum Gasteiger partial charge on any atom is 0.224 e. The molecule has 2 rings (SSSR count). The van der Waals surface area contributed by atoms with Crippen LogP contribution in [0.5, 0.6) is 0 Å². The van der Waals surface area contributed by atoms with Crippen LogP contribution in [0.3, 0.4) is 0 Å². The van der Waals surface area contributed by atoms with E-state index in [9.17, 15) is 4.79 Å². The van der Waals surface area contributed by atoms with E-state index >= 15 is 0 Å². The van der Waals surface area contributed by atoms with E-state index in [1.165, 1.54) is 6.42 Å². The Hall–Kier alpha value is -0.610. The van der Waals surface area contributed by atoms with Crippen molar-refractivity contribution < 1.29 is 9.53 Å². The molecule has 0 aromatic heterocycles. The lowest BCUT2D eigenvalue weighted by Crippen LogP contribution is -2.65. The van der Waals surface area contributed by atoms with Crippen molar-refractivity contribution in [2.24, 2.45) is 17.1 Å². The van der Waals surface area contributed by atoms with Crippen molar-refractivity contribution in [3.8, 4) is 0 Å². The van der Waals surface area contributed by atoms with Crippen LogP contribution >= 0.6 is 0 Å². The van der Waals surface area contributed by atoms with Crippen LogP contribution < -0.4 is 11.1 Å². The number of carbonyl (C=O) groups is 1. The Kier molecular flexibility index (Phi) is 4.51. The van der Waals surface area contributed by atoms with Crippen LogP contribution in [0.25, 0.3) is 0 Å². The average Bonchev–Trinajstić information content (AvgIpc) is 2.35. The predicted molar refractivity (Wildman–Crippen MR) is 75.7 cm³/mol. The van der Waals surface area contributed by atoms with Gasteiger partial charge in [-0.05, 0) is 31.6 Å². The summed E-state index contributed by atoms with van der Waals surface area (Å²) >= 11 is 0. The van der Waals surface area contributed by atoms with Crippen molar-refractivity contribution in [1.29, 1.82) is 0 Å². The molecular formula is C15H28N2O2. The van der Waals surface area contributed by atoms with Crippen molar-refractivity contribution in [3.05, 3.63) is 0 Å². The summed E-state index contributed by atoms with van der Waals surface area (Å²) in [6, 6.07) is 0.0531. The van der Waals surface area contributed by atoms with Gasteiger partial charge in [0.15, 0.2) is 0 Å². The smallest absolute Gasteiger partial charge is 0.224 e. The third-order valence-corrected chi connectivity index (χ3v) is 4.88. The fraction of sp³-hybridized carbons (Fsp3) is 0.933. The fourth-order valence-corrected chi connectivity index (χ4v) is 3.47. The van der Waals surface area contributed by atoms with Gasteiger partial charge in [-0.25, -0.2) is 0 Å². The van der Waals surface area contributed by atoms with Gasteiger partial charge in [0.2, 0.25) is 5.91 Å². The number of ether oxygens (including phenoxy) is 1.